The second-order valence-electron chi connectivity index (χ2n) is 0.448. The molecule has 54 valence electrons. The van der Waals surface area contributed by atoms with E-state index in [0.29, 0.717) is 0 Å². The molecule has 0 aromatic rings. The predicted molar refractivity (Wildman–Crippen MR) is 20.5 cm³/mol. The van der Waals surface area contributed by atoms with Gasteiger partial charge < -0.3 is 0 Å². The Labute approximate surface area is 77.8 Å². The SMILES string of the molecule is O=S(=O)(O)S.[Ag].[Ag]. The Kier molecular flexibility index (Phi) is 13.3. The van der Waals surface area contributed by atoms with E-state index in [2.05, 4.69) is 11.7 Å². The summed E-state index contributed by atoms with van der Waals surface area (Å²) in [5.41, 5.74) is 0. The van der Waals surface area contributed by atoms with Crippen molar-refractivity contribution < 1.29 is 57.7 Å². The standard InChI is InChI=1S/2Ag.H2O3S2/c;;1-5(2,3)4/h;;(H2,1,2,3,4). The number of rotatable bonds is 0. The van der Waals surface area contributed by atoms with Crippen LogP contribution >= 0.6 is 11.7 Å². The molecule has 0 saturated heterocycles. The van der Waals surface area contributed by atoms with Gasteiger partial charge in [-0.3, -0.25) is 4.55 Å². The molecule has 0 bridgehead atoms. The van der Waals surface area contributed by atoms with Crippen LogP contribution in [0.1, 0.15) is 0 Å². The van der Waals surface area contributed by atoms with E-state index >= 15 is 0 Å². The van der Waals surface area contributed by atoms with E-state index in [1.807, 2.05) is 0 Å². The fourth-order valence-electron chi connectivity index (χ4n) is 0. The van der Waals surface area contributed by atoms with Crippen LogP contribution < -0.4 is 0 Å². The van der Waals surface area contributed by atoms with Gasteiger partial charge in [-0.2, -0.15) is 8.42 Å². The van der Waals surface area contributed by atoms with Crippen LogP contribution in [0, 0.1) is 0 Å². The van der Waals surface area contributed by atoms with Gasteiger partial charge in [-0.05, 0) is 11.7 Å². The van der Waals surface area contributed by atoms with Gasteiger partial charge in [-0.1, -0.05) is 0 Å². The molecule has 0 saturated carbocycles. The second-order valence-corrected chi connectivity index (χ2v) is 2.73. The third-order valence-corrected chi connectivity index (χ3v) is 0. The van der Waals surface area contributed by atoms with Crippen LogP contribution in [0.15, 0.2) is 0 Å². The summed E-state index contributed by atoms with van der Waals surface area (Å²) in [6.45, 7) is 0. The maximum absolute atomic E-state index is 9.05. The number of hydrogen-bond acceptors (Lipinski definition) is 2. The monoisotopic (exact) mass is 328 g/mol. The minimum absolute atomic E-state index is 0. The molecule has 0 aromatic carbocycles. The predicted octanol–water partition coefficient (Wildman–Crippen LogP) is -0.286. The van der Waals surface area contributed by atoms with E-state index in [4.69, 9.17) is 13.0 Å². The second kappa shape index (κ2) is 5.87. The van der Waals surface area contributed by atoms with Crippen LogP contribution in [-0.4, -0.2) is 13.0 Å². The molecular weight excluding hydrogens is 328 g/mol. The van der Waals surface area contributed by atoms with Gasteiger partial charge in [0.15, 0.2) is 0 Å². The van der Waals surface area contributed by atoms with Crippen molar-refractivity contribution in [2.24, 2.45) is 0 Å². The van der Waals surface area contributed by atoms with Crippen molar-refractivity contribution in [2.45, 2.75) is 0 Å². The van der Waals surface area contributed by atoms with Crippen LogP contribution in [0.2, 0.25) is 0 Å². The summed E-state index contributed by atoms with van der Waals surface area (Å²) in [6, 6.07) is 0. The summed E-state index contributed by atoms with van der Waals surface area (Å²) in [6.07, 6.45) is 0. The molecule has 1 N–H and O–H groups in total. The van der Waals surface area contributed by atoms with Gasteiger partial charge in [0.05, 0.1) is 0 Å². The molecule has 2 radical (unpaired) electrons. The zero-order valence-corrected chi connectivity index (χ0v) is 7.40. The molecule has 0 unspecified atom stereocenters. The van der Waals surface area contributed by atoms with E-state index in [9.17, 15) is 0 Å². The minimum Gasteiger partial charge on any atom is -0.277 e. The fourth-order valence-corrected chi connectivity index (χ4v) is 0. The van der Waals surface area contributed by atoms with Gasteiger partial charge in [0.2, 0.25) is 0 Å². The maximum atomic E-state index is 9.05. The smallest absolute Gasteiger partial charge is 0.277 e. The summed E-state index contributed by atoms with van der Waals surface area (Å²) in [4.78, 5) is 0. The van der Waals surface area contributed by atoms with Crippen molar-refractivity contribution in [2.75, 3.05) is 0 Å². The molecule has 0 heterocycles. The summed E-state index contributed by atoms with van der Waals surface area (Å²) in [5.74, 6) is 0. The van der Waals surface area contributed by atoms with Gasteiger partial charge in [0, 0.05) is 44.8 Å². The Morgan fingerprint density at radius 3 is 1.29 bits per heavy atom. The van der Waals surface area contributed by atoms with Crippen molar-refractivity contribution in [3.05, 3.63) is 0 Å². The molecule has 3 nitrogen and oxygen atoms in total. The number of hydrogen-bond donors (Lipinski definition) is 2. The van der Waals surface area contributed by atoms with Crippen molar-refractivity contribution in [3.63, 3.8) is 0 Å². The van der Waals surface area contributed by atoms with Crippen molar-refractivity contribution in [1.29, 1.82) is 0 Å². The topological polar surface area (TPSA) is 54.4 Å². The van der Waals surface area contributed by atoms with E-state index < -0.39 is 9.15 Å². The normalized spacial score (nSPS) is 8.29. The summed E-state index contributed by atoms with van der Waals surface area (Å²) in [7, 11) is -3.97. The van der Waals surface area contributed by atoms with Crippen molar-refractivity contribution >= 4 is 20.8 Å². The fraction of sp³-hybridized carbons (Fsp3) is 0. The van der Waals surface area contributed by atoms with Crippen molar-refractivity contribution in [1.82, 2.24) is 0 Å². The molecule has 7 heteroatoms. The summed E-state index contributed by atoms with van der Waals surface area (Å²) in [5, 5.41) is 0. The van der Waals surface area contributed by atoms with Crippen LogP contribution in [0.5, 0.6) is 0 Å². The molecule has 0 aliphatic carbocycles. The Hall–Kier alpha value is 1.74. The average molecular weight is 330 g/mol. The first-order valence-corrected chi connectivity index (χ1v) is 3.19. The Bertz CT molecular complexity index is 94.1. The maximum Gasteiger partial charge on any atom is 0.316 e. The Morgan fingerprint density at radius 2 is 1.29 bits per heavy atom. The first-order chi connectivity index (χ1) is 2.00. The third-order valence-electron chi connectivity index (χ3n) is 0. The van der Waals surface area contributed by atoms with Gasteiger partial charge in [-0.15, -0.1) is 0 Å². The summed E-state index contributed by atoms with van der Waals surface area (Å²) >= 11 is 2.65. The molecule has 7 heavy (non-hydrogen) atoms. The van der Waals surface area contributed by atoms with Crippen LogP contribution in [0.25, 0.3) is 0 Å². The minimum atomic E-state index is -3.97. The van der Waals surface area contributed by atoms with Crippen LogP contribution in [0.3, 0.4) is 0 Å². The van der Waals surface area contributed by atoms with Crippen LogP contribution in [0.4, 0.5) is 0 Å². The van der Waals surface area contributed by atoms with Gasteiger partial charge in [0.1, 0.15) is 0 Å². The first kappa shape index (κ1) is 15.9. The zero-order chi connectivity index (χ0) is 4.50. The largest absolute Gasteiger partial charge is 0.316 e. The number of thiol groups is 1. The molecule has 0 rings (SSSR count). The van der Waals surface area contributed by atoms with Gasteiger partial charge in [-0.25, -0.2) is 0 Å². The Morgan fingerprint density at radius 1 is 1.29 bits per heavy atom. The van der Waals surface area contributed by atoms with Gasteiger partial charge >= 0.3 is 9.15 Å². The molecule has 0 fully saturated rings. The summed E-state index contributed by atoms with van der Waals surface area (Å²) < 4.78 is 25.5. The van der Waals surface area contributed by atoms with Gasteiger partial charge in [0.25, 0.3) is 0 Å². The van der Waals surface area contributed by atoms with E-state index in [0.717, 1.165) is 0 Å². The third kappa shape index (κ3) is 84.2. The molecule has 0 atom stereocenters. The van der Waals surface area contributed by atoms with E-state index in [1.165, 1.54) is 0 Å². The Balaban J connectivity index is -0.0000000800. The molecule has 0 aromatic heterocycles. The van der Waals surface area contributed by atoms with E-state index in [1.54, 1.807) is 0 Å². The molecule has 0 spiro atoms. The molecule has 0 amide bonds. The molecular formula is H2Ag2O3S2. The van der Waals surface area contributed by atoms with Crippen molar-refractivity contribution in [3.8, 4) is 0 Å². The first-order valence-electron chi connectivity index (χ1n) is 0.698. The quantitative estimate of drug-likeness (QED) is 0.278. The van der Waals surface area contributed by atoms with E-state index in [-0.39, 0.29) is 44.8 Å². The zero-order valence-electron chi connectivity index (χ0n) is 2.72. The molecule has 0 aliphatic rings. The van der Waals surface area contributed by atoms with Crippen LogP contribution in [-0.2, 0) is 53.9 Å². The average Bonchev–Trinajstić information content (AvgIpc) is 0.722. The molecule has 0 aliphatic heterocycles.